The fraction of sp³-hybridized carbons (Fsp3) is 0.409. The Morgan fingerprint density at radius 2 is 1.89 bits per heavy atom. The highest BCUT2D eigenvalue weighted by molar-refractivity contribution is 8.01. The third kappa shape index (κ3) is 3.40. The minimum Gasteiger partial charge on any atom is -0.373 e. The van der Waals surface area contributed by atoms with Gasteiger partial charge in [0.25, 0.3) is 0 Å². The van der Waals surface area contributed by atoms with E-state index >= 15 is 0 Å². The van der Waals surface area contributed by atoms with Crippen LogP contribution in [-0.4, -0.2) is 59.3 Å². The fourth-order valence-electron chi connectivity index (χ4n) is 4.48. The summed E-state index contributed by atoms with van der Waals surface area (Å²) in [6.45, 7) is 4.12. The molecular formula is C22H24N2O2S. The molecule has 2 aromatic rings. The highest BCUT2D eigenvalue weighted by atomic mass is 32.2. The van der Waals surface area contributed by atoms with Gasteiger partial charge < -0.3 is 9.64 Å². The first kappa shape index (κ1) is 17.3. The number of likely N-dealkylation sites (tertiary alicyclic amines) is 1. The maximum absolute atomic E-state index is 13.2. The van der Waals surface area contributed by atoms with E-state index in [4.69, 9.17) is 4.74 Å². The molecule has 140 valence electrons. The van der Waals surface area contributed by atoms with Gasteiger partial charge in [0.15, 0.2) is 0 Å². The second-order valence-corrected chi connectivity index (χ2v) is 8.84. The van der Waals surface area contributed by atoms with E-state index < -0.39 is 0 Å². The molecule has 3 atom stereocenters. The van der Waals surface area contributed by atoms with Gasteiger partial charge in [-0.2, -0.15) is 0 Å². The highest BCUT2D eigenvalue weighted by Crippen LogP contribution is 2.38. The summed E-state index contributed by atoms with van der Waals surface area (Å²) in [6, 6.07) is 19.3. The average Bonchev–Trinajstić information content (AvgIpc) is 3.33. The van der Waals surface area contributed by atoms with Crippen molar-refractivity contribution in [3.8, 4) is 0 Å². The van der Waals surface area contributed by atoms with Crippen LogP contribution in [0, 0.1) is 0 Å². The van der Waals surface area contributed by atoms with Gasteiger partial charge in [-0.3, -0.25) is 9.69 Å². The second kappa shape index (κ2) is 7.30. The predicted octanol–water partition coefficient (Wildman–Crippen LogP) is 2.82. The predicted molar refractivity (Wildman–Crippen MR) is 107 cm³/mol. The highest BCUT2D eigenvalue weighted by Gasteiger charge is 2.43. The topological polar surface area (TPSA) is 32.8 Å². The third-order valence-electron chi connectivity index (χ3n) is 5.88. The lowest BCUT2D eigenvalue weighted by molar-refractivity contribution is -0.130. The number of benzene rings is 2. The standard InChI is InChI=1S/C22H24N2O2S/c25-22(21-12-17-8-4-5-9-20(17)27-21)24-14-18-19(15-24)26-11-10-23(18)13-16-6-2-1-3-7-16/h1-9,18-19,21H,10-15H2. The van der Waals surface area contributed by atoms with Gasteiger partial charge in [0.05, 0.1) is 24.0 Å². The van der Waals surface area contributed by atoms with Gasteiger partial charge >= 0.3 is 0 Å². The fourth-order valence-corrected chi connectivity index (χ4v) is 5.76. The zero-order chi connectivity index (χ0) is 18.2. The van der Waals surface area contributed by atoms with Crippen molar-refractivity contribution >= 4 is 17.7 Å². The Labute approximate surface area is 164 Å². The Hall–Kier alpha value is -1.82. The number of fused-ring (bicyclic) bond motifs is 2. The molecule has 4 nitrogen and oxygen atoms in total. The zero-order valence-corrected chi connectivity index (χ0v) is 16.1. The normalized spacial score (nSPS) is 27.4. The molecule has 27 heavy (non-hydrogen) atoms. The molecule has 2 fully saturated rings. The molecule has 3 aliphatic rings. The molecular weight excluding hydrogens is 356 g/mol. The summed E-state index contributed by atoms with van der Waals surface area (Å²) < 4.78 is 6.03. The van der Waals surface area contributed by atoms with Crippen LogP contribution in [0.2, 0.25) is 0 Å². The molecule has 2 saturated heterocycles. The molecule has 0 spiro atoms. The maximum atomic E-state index is 13.2. The Balaban J connectivity index is 1.26. The summed E-state index contributed by atoms with van der Waals surface area (Å²) in [4.78, 5) is 19.0. The van der Waals surface area contributed by atoms with Gasteiger partial charge in [0.1, 0.15) is 0 Å². The SMILES string of the molecule is O=C(C1Cc2ccccc2S1)N1CC2OCCN(Cc3ccccc3)C2C1. The Morgan fingerprint density at radius 1 is 1.07 bits per heavy atom. The number of hydrogen-bond acceptors (Lipinski definition) is 4. The lowest BCUT2D eigenvalue weighted by atomic mass is 10.1. The van der Waals surface area contributed by atoms with Crippen LogP contribution < -0.4 is 0 Å². The van der Waals surface area contributed by atoms with E-state index in [0.717, 1.165) is 39.2 Å². The number of nitrogens with zero attached hydrogens (tertiary/aromatic N) is 2. The lowest BCUT2D eigenvalue weighted by Gasteiger charge is -2.36. The van der Waals surface area contributed by atoms with Gasteiger partial charge in [-0.15, -0.1) is 11.8 Å². The molecule has 5 heteroatoms. The zero-order valence-electron chi connectivity index (χ0n) is 15.3. The van der Waals surface area contributed by atoms with Crippen LogP contribution in [0.5, 0.6) is 0 Å². The van der Waals surface area contributed by atoms with Crippen molar-refractivity contribution in [1.82, 2.24) is 9.80 Å². The minimum atomic E-state index is 0.0186. The summed E-state index contributed by atoms with van der Waals surface area (Å²) >= 11 is 1.72. The lowest BCUT2D eigenvalue weighted by Crippen LogP contribution is -2.50. The number of rotatable bonds is 3. The van der Waals surface area contributed by atoms with Gasteiger partial charge in [0, 0.05) is 31.1 Å². The van der Waals surface area contributed by atoms with Crippen molar-refractivity contribution in [2.24, 2.45) is 0 Å². The number of ether oxygens (including phenoxy) is 1. The van der Waals surface area contributed by atoms with Gasteiger partial charge in [-0.05, 0) is 23.6 Å². The van der Waals surface area contributed by atoms with Gasteiger partial charge in [-0.1, -0.05) is 48.5 Å². The summed E-state index contributed by atoms with van der Waals surface area (Å²) in [7, 11) is 0. The summed E-state index contributed by atoms with van der Waals surface area (Å²) in [5, 5.41) is 0.0186. The summed E-state index contributed by atoms with van der Waals surface area (Å²) in [5.41, 5.74) is 2.63. The quantitative estimate of drug-likeness (QED) is 0.820. The Bertz CT molecular complexity index is 803. The van der Waals surface area contributed by atoms with E-state index in [-0.39, 0.29) is 17.3 Å². The molecule has 0 radical (unpaired) electrons. The molecule has 0 bridgehead atoms. The van der Waals surface area contributed by atoms with E-state index in [1.54, 1.807) is 11.8 Å². The monoisotopic (exact) mass is 380 g/mol. The first-order chi connectivity index (χ1) is 13.3. The van der Waals surface area contributed by atoms with Crippen LogP contribution in [0.1, 0.15) is 11.1 Å². The number of carbonyl (C=O) groups excluding carboxylic acids is 1. The van der Waals surface area contributed by atoms with E-state index in [1.807, 2.05) is 4.90 Å². The van der Waals surface area contributed by atoms with Crippen molar-refractivity contribution in [2.45, 2.75) is 35.3 Å². The number of thioether (sulfide) groups is 1. The molecule has 3 unspecified atom stereocenters. The van der Waals surface area contributed by atoms with Crippen LogP contribution in [0.15, 0.2) is 59.5 Å². The van der Waals surface area contributed by atoms with E-state index in [0.29, 0.717) is 6.04 Å². The number of carbonyl (C=O) groups is 1. The molecule has 2 aromatic carbocycles. The van der Waals surface area contributed by atoms with Gasteiger partial charge in [-0.25, -0.2) is 0 Å². The van der Waals surface area contributed by atoms with Crippen LogP contribution in [0.4, 0.5) is 0 Å². The first-order valence-electron chi connectivity index (χ1n) is 9.71. The van der Waals surface area contributed by atoms with Gasteiger partial charge in [0.2, 0.25) is 5.91 Å². The van der Waals surface area contributed by atoms with Crippen molar-refractivity contribution in [3.05, 3.63) is 65.7 Å². The first-order valence-corrected chi connectivity index (χ1v) is 10.6. The molecule has 1 amide bonds. The molecule has 0 aliphatic carbocycles. The minimum absolute atomic E-state index is 0.0186. The molecule has 5 rings (SSSR count). The molecule has 0 saturated carbocycles. The Kier molecular flexibility index (Phi) is 4.68. The number of morpholine rings is 1. The molecule has 3 heterocycles. The third-order valence-corrected chi connectivity index (χ3v) is 7.18. The van der Waals surface area contributed by atoms with Crippen LogP contribution in [-0.2, 0) is 22.5 Å². The smallest absolute Gasteiger partial charge is 0.236 e. The van der Waals surface area contributed by atoms with Crippen molar-refractivity contribution in [3.63, 3.8) is 0 Å². The van der Waals surface area contributed by atoms with Crippen LogP contribution in [0.25, 0.3) is 0 Å². The molecule has 0 aromatic heterocycles. The summed E-state index contributed by atoms with van der Waals surface area (Å²) in [6.07, 6.45) is 0.986. The largest absolute Gasteiger partial charge is 0.373 e. The molecule has 3 aliphatic heterocycles. The maximum Gasteiger partial charge on any atom is 0.236 e. The van der Waals surface area contributed by atoms with E-state index in [2.05, 4.69) is 59.5 Å². The Morgan fingerprint density at radius 3 is 2.74 bits per heavy atom. The number of hydrogen-bond donors (Lipinski definition) is 0. The van der Waals surface area contributed by atoms with Crippen LogP contribution >= 0.6 is 11.8 Å². The van der Waals surface area contributed by atoms with Crippen molar-refractivity contribution in [1.29, 1.82) is 0 Å². The number of amides is 1. The molecule has 0 N–H and O–H groups in total. The van der Waals surface area contributed by atoms with E-state index in [9.17, 15) is 4.79 Å². The van der Waals surface area contributed by atoms with Crippen LogP contribution in [0.3, 0.4) is 0 Å². The second-order valence-electron chi connectivity index (χ2n) is 7.59. The van der Waals surface area contributed by atoms with Crippen molar-refractivity contribution in [2.75, 3.05) is 26.2 Å². The summed E-state index contributed by atoms with van der Waals surface area (Å²) in [5.74, 6) is 0.272. The average molecular weight is 381 g/mol. The van der Waals surface area contributed by atoms with E-state index in [1.165, 1.54) is 16.0 Å². The van der Waals surface area contributed by atoms with Crippen molar-refractivity contribution < 1.29 is 9.53 Å².